The Labute approximate surface area is 142 Å². The van der Waals surface area contributed by atoms with Gasteiger partial charge in [0.1, 0.15) is 11.5 Å². The van der Waals surface area contributed by atoms with E-state index in [1.165, 1.54) is 24.3 Å². The third-order valence-electron chi connectivity index (χ3n) is 2.06. The molecule has 0 radical (unpaired) electrons. The van der Waals surface area contributed by atoms with Crippen molar-refractivity contribution in [3.8, 4) is 11.5 Å². The molecule has 0 amide bonds. The van der Waals surface area contributed by atoms with Crippen LogP contribution in [0.3, 0.4) is 0 Å². The molecule has 0 saturated heterocycles. The molecule has 3 nitrogen and oxygen atoms in total. The third kappa shape index (κ3) is 4.26. The second kappa shape index (κ2) is 6.93. The van der Waals surface area contributed by atoms with Gasteiger partial charge in [-0.15, -0.1) is 0 Å². The first-order chi connectivity index (χ1) is 7.75. The summed E-state index contributed by atoms with van der Waals surface area (Å²) in [5.74, 6) is 0.183. The summed E-state index contributed by atoms with van der Waals surface area (Å²) in [6.07, 6.45) is 0. The van der Waals surface area contributed by atoms with Gasteiger partial charge in [-0.05, 0) is 36.4 Å². The summed E-state index contributed by atoms with van der Waals surface area (Å²) in [5, 5.41) is 9.08. The van der Waals surface area contributed by atoms with Gasteiger partial charge in [0, 0.05) is 0 Å². The molecule has 0 aliphatic heterocycles. The number of aromatic hydroxyl groups is 1. The summed E-state index contributed by atoms with van der Waals surface area (Å²) >= 11 is 0. The molecule has 2 rings (SSSR count). The maximum absolute atomic E-state index is 11.6. The molecule has 0 heterocycles. The second-order valence-corrected chi connectivity index (χ2v) is 3.25. The summed E-state index contributed by atoms with van der Waals surface area (Å²) in [5.41, 5.74) is 0.404. The second-order valence-electron chi connectivity index (χ2n) is 3.25. The number of carbonyl (C=O) groups is 1. The minimum atomic E-state index is -0.439. The van der Waals surface area contributed by atoms with Crippen LogP contribution in [0, 0.1) is 0 Å². The van der Waals surface area contributed by atoms with Crippen molar-refractivity contribution in [3.05, 3.63) is 60.2 Å². The van der Waals surface area contributed by atoms with E-state index in [-0.39, 0.29) is 57.1 Å². The van der Waals surface area contributed by atoms with Crippen molar-refractivity contribution < 1.29 is 14.6 Å². The van der Waals surface area contributed by atoms with Crippen LogP contribution in [-0.4, -0.2) is 62.5 Å². The summed E-state index contributed by atoms with van der Waals surface area (Å²) < 4.78 is 5.12. The van der Waals surface area contributed by atoms with Crippen molar-refractivity contribution in [2.24, 2.45) is 0 Å². The molecule has 82 valence electrons. The summed E-state index contributed by atoms with van der Waals surface area (Å²) in [7, 11) is 0. The molecule has 0 unspecified atom stereocenters. The number of esters is 1. The number of phenols is 1. The molecule has 0 bridgehead atoms. The van der Waals surface area contributed by atoms with Gasteiger partial charge in [0.2, 0.25) is 0 Å². The maximum atomic E-state index is 11.6. The van der Waals surface area contributed by atoms with Crippen molar-refractivity contribution in [1.82, 2.24) is 0 Å². The normalized spacial score (nSPS) is 9.18. The molecule has 0 aromatic heterocycles. The first-order valence-corrected chi connectivity index (χ1v) is 4.82. The van der Waals surface area contributed by atoms with Crippen LogP contribution >= 0.6 is 0 Å². The van der Waals surface area contributed by atoms with E-state index in [1.54, 1.807) is 24.3 Å². The molecule has 0 spiro atoms. The standard InChI is InChI=1S/C13H10O3.K.H/c14-11-8-6-10(7-9-11)13(15)16-12-4-2-1-3-5-12;;/h1-9,14H;;. The molecule has 2 aromatic rings. The molecule has 17 heavy (non-hydrogen) atoms. The summed E-state index contributed by atoms with van der Waals surface area (Å²) in [4.78, 5) is 11.6. The number of para-hydroxylation sites is 1. The first-order valence-electron chi connectivity index (χ1n) is 4.82. The number of hydrogen-bond donors (Lipinski definition) is 1. The predicted octanol–water partition coefficient (Wildman–Crippen LogP) is 1.96. The Morgan fingerprint density at radius 3 is 2.12 bits per heavy atom. The van der Waals surface area contributed by atoms with Gasteiger partial charge < -0.3 is 9.84 Å². The Balaban J connectivity index is 0.00000144. The number of phenolic OH excluding ortho intramolecular Hbond substituents is 1. The van der Waals surface area contributed by atoms with Gasteiger partial charge in [0.05, 0.1) is 5.56 Å². The van der Waals surface area contributed by atoms with Gasteiger partial charge in [0.15, 0.2) is 0 Å². The van der Waals surface area contributed by atoms with E-state index < -0.39 is 5.97 Å². The van der Waals surface area contributed by atoms with Crippen LogP contribution in [0.5, 0.6) is 11.5 Å². The Kier molecular flexibility index (Phi) is 5.87. The van der Waals surface area contributed by atoms with Crippen molar-refractivity contribution in [1.29, 1.82) is 0 Å². The summed E-state index contributed by atoms with van der Waals surface area (Å²) in [6, 6.07) is 14.8. The molecular weight excluding hydrogens is 243 g/mol. The Morgan fingerprint density at radius 1 is 0.941 bits per heavy atom. The first kappa shape index (κ1) is 14.4. The van der Waals surface area contributed by atoms with Gasteiger partial charge in [-0.25, -0.2) is 4.79 Å². The zero-order valence-electron chi connectivity index (χ0n) is 8.46. The van der Waals surface area contributed by atoms with Gasteiger partial charge in [-0.3, -0.25) is 0 Å². The van der Waals surface area contributed by atoms with Crippen LogP contribution in [0.15, 0.2) is 54.6 Å². The number of ether oxygens (including phenoxy) is 1. The van der Waals surface area contributed by atoms with Crippen LogP contribution in [0.1, 0.15) is 10.4 Å². The van der Waals surface area contributed by atoms with E-state index in [0.29, 0.717) is 11.3 Å². The Morgan fingerprint density at radius 2 is 1.53 bits per heavy atom. The fraction of sp³-hybridized carbons (Fsp3) is 0. The van der Waals surface area contributed by atoms with Crippen LogP contribution in [-0.2, 0) is 0 Å². The van der Waals surface area contributed by atoms with Crippen molar-refractivity contribution in [2.45, 2.75) is 0 Å². The number of carbonyl (C=O) groups excluding carboxylic acids is 1. The van der Waals surface area contributed by atoms with E-state index in [0.717, 1.165) is 0 Å². The molecule has 0 fully saturated rings. The van der Waals surface area contributed by atoms with E-state index in [4.69, 9.17) is 9.84 Å². The minimum absolute atomic E-state index is 0. The van der Waals surface area contributed by atoms with Crippen molar-refractivity contribution >= 4 is 57.4 Å². The fourth-order valence-corrected chi connectivity index (χ4v) is 1.25. The SMILES string of the molecule is O=C(Oc1ccccc1)c1ccc(O)cc1.[KH]. The van der Waals surface area contributed by atoms with E-state index in [2.05, 4.69) is 0 Å². The molecule has 0 saturated carbocycles. The van der Waals surface area contributed by atoms with Crippen LogP contribution in [0.2, 0.25) is 0 Å². The average Bonchev–Trinajstić information content (AvgIpc) is 2.31. The van der Waals surface area contributed by atoms with E-state index in [1.807, 2.05) is 6.07 Å². The van der Waals surface area contributed by atoms with E-state index in [9.17, 15) is 4.79 Å². The molecule has 0 aliphatic rings. The third-order valence-corrected chi connectivity index (χ3v) is 2.06. The molecule has 0 aliphatic carbocycles. The molecule has 2 aromatic carbocycles. The Bertz CT molecular complexity index is 480. The van der Waals surface area contributed by atoms with Gasteiger partial charge in [0.25, 0.3) is 0 Å². The molecule has 4 heteroatoms. The molecule has 1 N–H and O–H groups in total. The summed E-state index contributed by atoms with van der Waals surface area (Å²) in [6.45, 7) is 0. The van der Waals surface area contributed by atoms with Crippen LogP contribution in [0.4, 0.5) is 0 Å². The molecule has 0 atom stereocenters. The number of rotatable bonds is 2. The topological polar surface area (TPSA) is 46.5 Å². The quantitative estimate of drug-likeness (QED) is 0.506. The van der Waals surface area contributed by atoms with Crippen molar-refractivity contribution in [3.63, 3.8) is 0 Å². The van der Waals surface area contributed by atoms with Crippen LogP contribution < -0.4 is 4.74 Å². The molecular formula is C13H11KO3. The number of hydrogen-bond acceptors (Lipinski definition) is 3. The van der Waals surface area contributed by atoms with Gasteiger partial charge >= 0.3 is 57.4 Å². The zero-order chi connectivity index (χ0) is 11.4. The van der Waals surface area contributed by atoms with E-state index >= 15 is 0 Å². The van der Waals surface area contributed by atoms with Gasteiger partial charge in [-0.2, -0.15) is 0 Å². The zero-order valence-corrected chi connectivity index (χ0v) is 8.46. The average molecular weight is 254 g/mol. The van der Waals surface area contributed by atoms with Gasteiger partial charge in [-0.1, -0.05) is 18.2 Å². The Hall–Kier alpha value is -0.654. The monoisotopic (exact) mass is 254 g/mol. The van der Waals surface area contributed by atoms with Crippen molar-refractivity contribution in [2.75, 3.05) is 0 Å². The van der Waals surface area contributed by atoms with Crippen LogP contribution in [0.25, 0.3) is 0 Å². The number of benzene rings is 2. The fourth-order valence-electron chi connectivity index (χ4n) is 1.25. The predicted molar refractivity (Wildman–Crippen MR) is 66.7 cm³/mol.